The fourth-order valence-corrected chi connectivity index (χ4v) is 3.82. The molecule has 0 aliphatic heterocycles. The molecule has 0 saturated heterocycles. The van der Waals surface area contributed by atoms with Crippen LogP contribution in [0.2, 0.25) is 0 Å². The highest BCUT2D eigenvalue weighted by atomic mass is 16.5. The zero-order valence-electron chi connectivity index (χ0n) is 17.3. The summed E-state index contributed by atoms with van der Waals surface area (Å²) in [5.74, 6) is 1.99. The summed E-state index contributed by atoms with van der Waals surface area (Å²) in [7, 11) is 3.24. The monoisotopic (exact) mass is 392 g/mol. The molecule has 0 unspecified atom stereocenters. The lowest BCUT2D eigenvalue weighted by Gasteiger charge is -2.17. The highest BCUT2D eigenvalue weighted by Gasteiger charge is 2.20. The molecular formula is C24H24O5. The molecular weight excluding hydrogens is 368 g/mol. The van der Waals surface area contributed by atoms with Crippen molar-refractivity contribution in [3.8, 4) is 17.2 Å². The van der Waals surface area contributed by atoms with Gasteiger partial charge in [0.2, 0.25) is 0 Å². The highest BCUT2D eigenvalue weighted by Crippen LogP contribution is 2.42. The van der Waals surface area contributed by atoms with Crippen LogP contribution >= 0.6 is 0 Å². The van der Waals surface area contributed by atoms with Gasteiger partial charge in [0.1, 0.15) is 22.8 Å². The lowest BCUT2D eigenvalue weighted by molar-refractivity contribution is 0.245. The van der Waals surface area contributed by atoms with Crippen LogP contribution in [0.15, 0.2) is 45.6 Å². The van der Waals surface area contributed by atoms with Gasteiger partial charge in [-0.1, -0.05) is 19.1 Å². The quantitative estimate of drug-likeness (QED) is 0.333. The summed E-state index contributed by atoms with van der Waals surface area (Å²) >= 11 is 0. The van der Waals surface area contributed by atoms with Crippen LogP contribution in [0, 0.1) is 0 Å². The number of fused-ring (bicyclic) bond motifs is 5. The molecule has 0 radical (unpaired) electrons. The van der Waals surface area contributed by atoms with E-state index >= 15 is 0 Å². The molecule has 0 aliphatic carbocycles. The van der Waals surface area contributed by atoms with Gasteiger partial charge >= 0.3 is 5.63 Å². The minimum absolute atomic E-state index is 0.00262. The van der Waals surface area contributed by atoms with Gasteiger partial charge in [0.05, 0.1) is 31.1 Å². The van der Waals surface area contributed by atoms with E-state index in [0.29, 0.717) is 28.2 Å². The van der Waals surface area contributed by atoms with E-state index in [1.165, 1.54) is 0 Å². The van der Waals surface area contributed by atoms with Gasteiger partial charge in [0, 0.05) is 16.2 Å². The molecule has 0 saturated carbocycles. The number of benzene rings is 3. The molecule has 0 fully saturated rings. The summed E-state index contributed by atoms with van der Waals surface area (Å²) in [5.41, 5.74) is 1.12. The predicted octanol–water partition coefficient (Wildman–Crippen LogP) is 5.47. The average Bonchev–Trinajstić information content (AvgIpc) is 2.72. The van der Waals surface area contributed by atoms with Crippen molar-refractivity contribution in [3.05, 3.63) is 52.4 Å². The number of aryl methyl sites for hydroxylation is 1. The van der Waals surface area contributed by atoms with Crippen molar-refractivity contribution in [2.45, 2.75) is 33.3 Å². The standard InChI is InChI=1S/C24H24O5/c1-6-14-10-17-21(19(11-14)26-4)16-12-20(27-5)22-15(23(16)29-24(17)25)8-7-9-18(22)28-13(2)3/h7-13H,6H2,1-5H3. The molecule has 3 aromatic carbocycles. The summed E-state index contributed by atoms with van der Waals surface area (Å²) in [4.78, 5) is 12.9. The molecule has 0 bridgehead atoms. The molecule has 1 heterocycles. The van der Waals surface area contributed by atoms with E-state index in [1.807, 2.05) is 57.2 Å². The molecule has 0 spiro atoms. The smallest absolute Gasteiger partial charge is 0.344 e. The van der Waals surface area contributed by atoms with E-state index in [1.54, 1.807) is 14.2 Å². The Morgan fingerprint density at radius 2 is 1.62 bits per heavy atom. The largest absolute Gasteiger partial charge is 0.496 e. The fraction of sp³-hybridized carbons (Fsp3) is 0.292. The van der Waals surface area contributed by atoms with Gasteiger partial charge in [-0.25, -0.2) is 4.79 Å². The zero-order chi connectivity index (χ0) is 20.7. The van der Waals surface area contributed by atoms with Crippen molar-refractivity contribution in [3.63, 3.8) is 0 Å². The minimum Gasteiger partial charge on any atom is -0.496 e. The second-order valence-electron chi connectivity index (χ2n) is 7.26. The molecule has 0 atom stereocenters. The zero-order valence-corrected chi connectivity index (χ0v) is 17.3. The Bertz CT molecular complexity index is 1280. The number of hydrogen-bond donors (Lipinski definition) is 0. The first-order valence-corrected chi connectivity index (χ1v) is 9.72. The molecule has 0 amide bonds. The maximum atomic E-state index is 12.9. The van der Waals surface area contributed by atoms with Gasteiger partial charge in [-0.3, -0.25) is 0 Å². The molecule has 4 rings (SSSR count). The average molecular weight is 392 g/mol. The third-order valence-corrected chi connectivity index (χ3v) is 5.09. The van der Waals surface area contributed by atoms with Gasteiger partial charge in [0.25, 0.3) is 0 Å². The predicted molar refractivity (Wildman–Crippen MR) is 116 cm³/mol. The molecule has 150 valence electrons. The van der Waals surface area contributed by atoms with Crippen molar-refractivity contribution >= 4 is 32.5 Å². The van der Waals surface area contributed by atoms with Gasteiger partial charge in [-0.05, 0) is 50.1 Å². The number of methoxy groups -OCH3 is 2. The first kappa shape index (κ1) is 19.1. The van der Waals surface area contributed by atoms with Crippen LogP contribution in [0.4, 0.5) is 0 Å². The SMILES string of the molecule is CCc1cc(OC)c2c(c1)c(=O)oc1c3cccc(OC(C)C)c3c(OC)cc12. The van der Waals surface area contributed by atoms with Crippen molar-refractivity contribution in [2.75, 3.05) is 14.2 Å². The Labute approximate surface area is 168 Å². The lowest BCUT2D eigenvalue weighted by Crippen LogP contribution is -2.07. The maximum absolute atomic E-state index is 12.9. The van der Waals surface area contributed by atoms with E-state index < -0.39 is 0 Å². The second kappa shape index (κ2) is 7.32. The minimum atomic E-state index is -0.386. The lowest BCUT2D eigenvalue weighted by atomic mass is 9.99. The second-order valence-corrected chi connectivity index (χ2v) is 7.26. The van der Waals surface area contributed by atoms with E-state index in [9.17, 15) is 4.79 Å². The van der Waals surface area contributed by atoms with Crippen molar-refractivity contribution in [1.29, 1.82) is 0 Å². The van der Waals surface area contributed by atoms with Crippen LogP contribution in [-0.2, 0) is 6.42 Å². The fourth-order valence-electron chi connectivity index (χ4n) is 3.82. The molecule has 0 N–H and O–H groups in total. The number of rotatable bonds is 5. The topological polar surface area (TPSA) is 57.9 Å². The van der Waals surface area contributed by atoms with E-state index in [4.69, 9.17) is 18.6 Å². The summed E-state index contributed by atoms with van der Waals surface area (Å²) in [5, 5.41) is 3.54. The van der Waals surface area contributed by atoms with Crippen molar-refractivity contribution in [1.82, 2.24) is 0 Å². The maximum Gasteiger partial charge on any atom is 0.344 e. The van der Waals surface area contributed by atoms with E-state index in [0.717, 1.165) is 33.5 Å². The van der Waals surface area contributed by atoms with Gasteiger partial charge in [0.15, 0.2) is 0 Å². The number of hydrogen-bond acceptors (Lipinski definition) is 5. The summed E-state index contributed by atoms with van der Waals surface area (Å²) < 4.78 is 23.2. The van der Waals surface area contributed by atoms with Gasteiger partial charge in [-0.15, -0.1) is 0 Å². The molecule has 4 aromatic rings. The Hall–Kier alpha value is -3.21. The first-order valence-electron chi connectivity index (χ1n) is 9.72. The molecule has 29 heavy (non-hydrogen) atoms. The summed E-state index contributed by atoms with van der Waals surface area (Å²) in [6.45, 7) is 5.97. The third kappa shape index (κ3) is 3.07. The molecule has 1 aromatic heterocycles. The Kier molecular flexibility index (Phi) is 4.82. The third-order valence-electron chi connectivity index (χ3n) is 5.09. The van der Waals surface area contributed by atoms with Crippen LogP contribution in [0.25, 0.3) is 32.5 Å². The van der Waals surface area contributed by atoms with Crippen LogP contribution in [0.3, 0.4) is 0 Å². The van der Waals surface area contributed by atoms with E-state index in [-0.39, 0.29) is 11.7 Å². The normalized spacial score (nSPS) is 11.5. The van der Waals surface area contributed by atoms with E-state index in [2.05, 4.69) is 0 Å². The van der Waals surface area contributed by atoms with Crippen LogP contribution in [0.5, 0.6) is 17.2 Å². The van der Waals surface area contributed by atoms with Gasteiger partial charge < -0.3 is 18.6 Å². The first-order chi connectivity index (χ1) is 14.0. The van der Waals surface area contributed by atoms with Crippen molar-refractivity contribution in [2.24, 2.45) is 0 Å². The number of ether oxygens (including phenoxy) is 3. The molecule has 5 heteroatoms. The molecule has 0 aliphatic rings. The Morgan fingerprint density at radius 3 is 2.28 bits per heavy atom. The van der Waals surface area contributed by atoms with Crippen molar-refractivity contribution < 1.29 is 18.6 Å². The van der Waals surface area contributed by atoms with Crippen LogP contribution < -0.4 is 19.8 Å². The van der Waals surface area contributed by atoms with Crippen LogP contribution in [-0.4, -0.2) is 20.3 Å². The van der Waals surface area contributed by atoms with Crippen LogP contribution in [0.1, 0.15) is 26.3 Å². The highest BCUT2D eigenvalue weighted by molar-refractivity contribution is 6.18. The molecule has 5 nitrogen and oxygen atoms in total. The summed E-state index contributed by atoms with van der Waals surface area (Å²) in [6.07, 6.45) is 0.790. The Balaban J connectivity index is 2.23. The summed E-state index contributed by atoms with van der Waals surface area (Å²) in [6, 6.07) is 11.4. The Morgan fingerprint density at radius 1 is 0.897 bits per heavy atom. The van der Waals surface area contributed by atoms with Gasteiger partial charge in [-0.2, -0.15) is 0 Å².